The highest BCUT2D eigenvalue weighted by molar-refractivity contribution is 6.30. The van der Waals surface area contributed by atoms with Crippen molar-refractivity contribution in [2.75, 3.05) is 10.6 Å². The molecule has 1 aliphatic heterocycles. The Morgan fingerprint density at radius 2 is 1.55 bits per heavy atom. The lowest BCUT2D eigenvalue weighted by Gasteiger charge is -2.24. The highest BCUT2D eigenvalue weighted by atomic mass is 35.5. The van der Waals surface area contributed by atoms with Gasteiger partial charge in [-0.05, 0) is 53.6 Å². The van der Waals surface area contributed by atoms with Gasteiger partial charge in [-0.25, -0.2) is 4.68 Å². The summed E-state index contributed by atoms with van der Waals surface area (Å²) < 4.78 is 1.74. The Hall–Kier alpha value is -3.32. The van der Waals surface area contributed by atoms with E-state index in [4.69, 9.17) is 23.2 Å². The lowest BCUT2D eigenvalue weighted by atomic mass is 10.0. The van der Waals surface area contributed by atoms with Crippen molar-refractivity contribution in [1.82, 2.24) is 14.8 Å². The van der Waals surface area contributed by atoms with E-state index in [1.807, 2.05) is 54.6 Å². The van der Waals surface area contributed by atoms with Crippen molar-refractivity contribution in [1.29, 1.82) is 0 Å². The van der Waals surface area contributed by atoms with Gasteiger partial charge in [0.05, 0.1) is 0 Å². The van der Waals surface area contributed by atoms with Crippen LogP contribution in [0.25, 0.3) is 5.70 Å². The van der Waals surface area contributed by atoms with Gasteiger partial charge >= 0.3 is 0 Å². The van der Waals surface area contributed by atoms with Gasteiger partial charge in [-0.2, -0.15) is 4.98 Å². The first-order valence-electron chi connectivity index (χ1n) is 9.90. The fourth-order valence-electron chi connectivity index (χ4n) is 3.50. The van der Waals surface area contributed by atoms with E-state index in [0.29, 0.717) is 21.6 Å². The summed E-state index contributed by atoms with van der Waals surface area (Å²) in [7, 11) is 0. The van der Waals surface area contributed by atoms with Crippen LogP contribution in [0.4, 0.5) is 11.9 Å². The van der Waals surface area contributed by atoms with Gasteiger partial charge in [-0.15, -0.1) is 17.5 Å². The molecule has 0 saturated heterocycles. The van der Waals surface area contributed by atoms with Gasteiger partial charge in [0, 0.05) is 21.3 Å². The number of carbonyl (C=O) groups is 1. The summed E-state index contributed by atoms with van der Waals surface area (Å²) in [4.78, 5) is 17.1. The molecule has 3 aromatic carbocycles. The normalized spacial score (nSPS) is 14.4. The monoisotopic (exact) mass is 497 g/mol. The Labute approximate surface area is 206 Å². The molecule has 0 spiro atoms. The molecule has 0 bridgehead atoms. The summed E-state index contributed by atoms with van der Waals surface area (Å²) in [5.74, 6) is 0.453. The molecule has 0 saturated carbocycles. The molecule has 1 aromatic heterocycles. The predicted octanol–water partition coefficient (Wildman–Crippen LogP) is 6.32. The second-order valence-electron chi connectivity index (χ2n) is 7.23. The molecule has 0 fully saturated rings. The van der Waals surface area contributed by atoms with Crippen LogP contribution < -0.4 is 10.6 Å². The predicted molar refractivity (Wildman–Crippen MR) is 134 cm³/mol. The number of rotatable bonds is 4. The van der Waals surface area contributed by atoms with Crippen molar-refractivity contribution in [2.45, 2.75) is 6.04 Å². The van der Waals surface area contributed by atoms with Crippen LogP contribution >= 0.6 is 35.6 Å². The van der Waals surface area contributed by atoms with Crippen molar-refractivity contribution in [3.63, 3.8) is 0 Å². The maximum atomic E-state index is 12.6. The number of carbonyl (C=O) groups excluding carboxylic acids is 1. The summed E-state index contributed by atoms with van der Waals surface area (Å²) >= 11 is 12.1. The van der Waals surface area contributed by atoms with Crippen molar-refractivity contribution in [3.05, 3.63) is 112 Å². The number of amides is 1. The van der Waals surface area contributed by atoms with Crippen LogP contribution in [0.5, 0.6) is 0 Å². The molecule has 1 amide bonds. The van der Waals surface area contributed by atoms with Crippen molar-refractivity contribution in [3.8, 4) is 0 Å². The summed E-state index contributed by atoms with van der Waals surface area (Å²) in [6.45, 7) is 0. The number of hydrogen-bond donors (Lipinski definition) is 2. The molecule has 9 heteroatoms. The highest BCUT2D eigenvalue weighted by Crippen LogP contribution is 2.34. The molecular weight excluding hydrogens is 481 g/mol. The Bertz CT molecular complexity index is 1300. The minimum atomic E-state index is -0.275. The molecule has 2 heterocycles. The lowest BCUT2D eigenvalue weighted by Crippen LogP contribution is -2.20. The first-order valence-corrected chi connectivity index (χ1v) is 10.7. The first-order chi connectivity index (χ1) is 15.6. The SMILES string of the molecule is Cl.O=C(Nc1nc2n(n1)C(c1ccc(Cl)cc1)C=C(c1ccc(Cl)cc1)N2)c1ccccc1. The van der Waals surface area contributed by atoms with Crippen LogP contribution in [0.3, 0.4) is 0 Å². The molecule has 1 unspecified atom stereocenters. The van der Waals surface area contributed by atoms with Gasteiger partial charge in [-0.3, -0.25) is 10.1 Å². The molecule has 5 rings (SSSR count). The third kappa shape index (κ3) is 4.88. The largest absolute Gasteiger partial charge is 0.324 e. The summed E-state index contributed by atoms with van der Waals surface area (Å²) in [6.07, 6.45) is 2.05. The smallest absolute Gasteiger partial charge is 0.258 e. The number of aromatic nitrogens is 3. The molecule has 0 aliphatic carbocycles. The molecule has 1 aliphatic rings. The van der Waals surface area contributed by atoms with Crippen molar-refractivity contribution < 1.29 is 4.79 Å². The van der Waals surface area contributed by atoms with Crippen molar-refractivity contribution in [2.24, 2.45) is 0 Å². The molecule has 33 heavy (non-hydrogen) atoms. The molecule has 6 nitrogen and oxygen atoms in total. The van der Waals surface area contributed by atoms with E-state index in [0.717, 1.165) is 16.8 Å². The van der Waals surface area contributed by atoms with E-state index in [2.05, 4.69) is 26.8 Å². The molecule has 0 radical (unpaired) electrons. The maximum absolute atomic E-state index is 12.6. The molecule has 4 aromatic rings. The van der Waals surface area contributed by atoms with Crippen LogP contribution in [-0.4, -0.2) is 20.7 Å². The number of allylic oxidation sites excluding steroid dienone is 1. The average molecular weight is 499 g/mol. The zero-order valence-electron chi connectivity index (χ0n) is 17.1. The Kier molecular flexibility index (Phi) is 6.70. The van der Waals surface area contributed by atoms with Gasteiger partial charge in [0.15, 0.2) is 0 Å². The van der Waals surface area contributed by atoms with Gasteiger partial charge in [0.25, 0.3) is 11.9 Å². The molecular formula is C24H18Cl3N5O. The number of nitrogens with zero attached hydrogens (tertiary/aromatic N) is 3. The van der Waals surface area contributed by atoms with Crippen LogP contribution in [0, 0.1) is 0 Å². The number of benzene rings is 3. The van der Waals surface area contributed by atoms with Gasteiger partial charge in [-0.1, -0.05) is 65.7 Å². The standard InChI is InChI=1S/C24H17Cl2N5O.ClH/c25-18-10-6-15(7-11-18)20-14-21(16-8-12-19(26)13-9-16)31-24(27-20)29-23(30-31)28-22(32)17-4-2-1-3-5-17;/h1-14,21H,(H2,27,28,29,30,32);1H. The number of anilines is 2. The quantitative estimate of drug-likeness (QED) is 0.346. The van der Waals surface area contributed by atoms with E-state index in [1.54, 1.807) is 28.9 Å². The summed E-state index contributed by atoms with van der Waals surface area (Å²) in [5.41, 5.74) is 3.33. The minimum absolute atomic E-state index is 0. The molecule has 166 valence electrons. The topological polar surface area (TPSA) is 71.8 Å². The van der Waals surface area contributed by atoms with E-state index >= 15 is 0 Å². The first kappa shape index (κ1) is 22.9. The van der Waals surface area contributed by atoms with Gasteiger partial charge in [0.2, 0.25) is 5.95 Å². The highest BCUT2D eigenvalue weighted by Gasteiger charge is 2.26. The lowest BCUT2D eigenvalue weighted by molar-refractivity contribution is 0.102. The molecule has 1 atom stereocenters. The Balaban J connectivity index is 0.00000259. The second-order valence-corrected chi connectivity index (χ2v) is 8.11. The fraction of sp³-hybridized carbons (Fsp3) is 0.0417. The van der Waals surface area contributed by atoms with Crippen LogP contribution in [0.15, 0.2) is 84.9 Å². The van der Waals surface area contributed by atoms with E-state index < -0.39 is 0 Å². The van der Waals surface area contributed by atoms with E-state index in [9.17, 15) is 4.79 Å². The maximum Gasteiger partial charge on any atom is 0.258 e. The Morgan fingerprint density at radius 1 is 0.909 bits per heavy atom. The van der Waals surface area contributed by atoms with Crippen LogP contribution in [0.2, 0.25) is 10.0 Å². The van der Waals surface area contributed by atoms with E-state index in [1.165, 1.54) is 0 Å². The third-order valence-corrected chi connectivity index (χ3v) is 5.60. The molecule has 2 N–H and O–H groups in total. The van der Waals surface area contributed by atoms with Crippen LogP contribution in [-0.2, 0) is 0 Å². The minimum Gasteiger partial charge on any atom is -0.324 e. The number of nitrogens with one attached hydrogen (secondary N) is 2. The summed E-state index contributed by atoms with van der Waals surface area (Å²) in [5, 5.41) is 11.9. The fourth-order valence-corrected chi connectivity index (χ4v) is 3.76. The third-order valence-electron chi connectivity index (χ3n) is 5.09. The van der Waals surface area contributed by atoms with Crippen molar-refractivity contribution >= 4 is 59.1 Å². The number of halogens is 3. The summed E-state index contributed by atoms with van der Waals surface area (Å²) in [6, 6.07) is 23.8. The van der Waals surface area contributed by atoms with Gasteiger partial charge < -0.3 is 5.32 Å². The second kappa shape index (κ2) is 9.67. The van der Waals surface area contributed by atoms with E-state index in [-0.39, 0.29) is 30.3 Å². The Morgan fingerprint density at radius 3 is 2.21 bits per heavy atom. The average Bonchev–Trinajstić information content (AvgIpc) is 3.22. The zero-order chi connectivity index (χ0) is 22.1. The van der Waals surface area contributed by atoms with Crippen LogP contribution in [0.1, 0.15) is 27.5 Å². The number of hydrogen-bond acceptors (Lipinski definition) is 4. The zero-order valence-corrected chi connectivity index (χ0v) is 19.4. The number of fused-ring (bicyclic) bond motifs is 1. The van der Waals surface area contributed by atoms with Gasteiger partial charge in [0.1, 0.15) is 6.04 Å².